The highest BCUT2D eigenvalue weighted by molar-refractivity contribution is 7.93. The van der Waals surface area contributed by atoms with Crippen molar-refractivity contribution in [1.82, 2.24) is 0 Å². The van der Waals surface area contributed by atoms with Crippen LogP contribution in [0.5, 0.6) is 0 Å². The lowest BCUT2D eigenvalue weighted by atomic mass is 10.2. The molecule has 1 rings (SSSR count). The number of esters is 1. The van der Waals surface area contributed by atoms with E-state index >= 15 is 0 Å². The number of anilines is 1. The standard InChI is InChI=1S/C11H12N2O4S/c1-2-17-11(14)8-18(15,16)13-10-5-3-4-9(6-10)7-12/h3-6,13H,2,8H2,1H3. The predicted octanol–water partition coefficient (Wildman–Crippen LogP) is 0.863. The van der Waals surface area contributed by atoms with Crippen LogP contribution in [-0.2, 0) is 19.6 Å². The fourth-order valence-electron chi connectivity index (χ4n) is 1.23. The van der Waals surface area contributed by atoms with Gasteiger partial charge in [0.05, 0.1) is 18.2 Å². The highest BCUT2D eigenvalue weighted by Gasteiger charge is 2.17. The van der Waals surface area contributed by atoms with Crippen molar-refractivity contribution >= 4 is 21.7 Å². The van der Waals surface area contributed by atoms with E-state index in [1.165, 1.54) is 12.1 Å². The molecule has 0 amide bonds. The van der Waals surface area contributed by atoms with Gasteiger partial charge in [-0.05, 0) is 25.1 Å². The molecule has 6 nitrogen and oxygen atoms in total. The smallest absolute Gasteiger partial charge is 0.323 e. The summed E-state index contributed by atoms with van der Waals surface area (Å²) in [7, 11) is -3.81. The Bertz CT molecular complexity index is 575. The maximum atomic E-state index is 11.6. The SMILES string of the molecule is CCOC(=O)CS(=O)(=O)Nc1cccc(C#N)c1. The Labute approximate surface area is 105 Å². The van der Waals surface area contributed by atoms with Crippen LogP contribution in [0.1, 0.15) is 12.5 Å². The Morgan fingerprint density at radius 1 is 1.50 bits per heavy atom. The first-order valence-electron chi connectivity index (χ1n) is 5.13. The topological polar surface area (TPSA) is 96.3 Å². The van der Waals surface area contributed by atoms with Crippen LogP contribution in [0.25, 0.3) is 0 Å². The maximum absolute atomic E-state index is 11.6. The highest BCUT2D eigenvalue weighted by atomic mass is 32.2. The van der Waals surface area contributed by atoms with Gasteiger partial charge in [-0.1, -0.05) is 6.07 Å². The van der Waals surface area contributed by atoms with Gasteiger partial charge >= 0.3 is 5.97 Å². The largest absolute Gasteiger partial charge is 0.465 e. The molecule has 0 aromatic heterocycles. The second-order valence-corrected chi connectivity index (χ2v) is 5.08. The normalized spacial score (nSPS) is 10.4. The average Bonchev–Trinajstić information content (AvgIpc) is 2.28. The molecule has 0 heterocycles. The molecule has 0 radical (unpaired) electrons. The number of carbonyl (C=O) groups is 1. The van der Waals surface area contributed by atoms with Gasteiger partial charge in [0.25, 0.3) is 0 Å². The molecule has 18 heavy (non-hydrogen) atoms. The van der Waals surface area contributed by atoms with Crippen molar-refractivity contribution in [2.45, 2.75) is 6.92 Å². The summed E-state index contributed by atoms with van der Waals surface area (Å²) >= 11 is 0. The summed E-state index contributed by atoms with van der Waals surface area (Å²) in [5.41, 5.74) is 0.560. The Hall–Kier alpha value is -2.07. The molecule has 1 aromatic rings. The minimum absolute atomic E-state index is 0.123. The predicted molar refractivity (Wildman–Crippen MR) is 65.2 cm³/mol. The number of ether oxygens (including phenoxy) is 1. The fraction of sp³-hybridized carbons (Fsp3) is 0.273. The quantitative estimate of drug-likeness (QED) is 0.799. The molecule has 0 saturated carbocycles. The number of rotatable bonds is 5. The summed E-state index contributed by atoms with van der Waals surface area (Å²) in [5.74, 6) is -1.57. The number of hydrogen-bond donors (Lipinski definition) is 1. The van der Waals surface area contributed by atoms with Crippen molar-refractivity contribution in [2.75, 3.05) is 17.1 Å². The van der Waals surface area contributed by atoms with Crippen LogP contribution in [0, 0.1) is 11.3 Å². The zero-order chi connectivity index (χ0) is 13.6. The Morgan fingerprint density at radius 3 is 2.83 bits per heavy atom. The summed E-state index contributed by atoms with van der Waals surface area (Å²) in [4.78, 5) is 11.1. The van der Waals surface area contributed by atoms with Crippen LogP contribution in [0.3, 0.4) is 0 Å². The Kier molecular flexibility index (Phi) is 4.68. The first-order valence-corrected chi connectivity index (χ1v) is 6.78. The molecule has 0 aliphatic carbocycles. The van der Waals surface area contributed by atoms with E-state index in [0.29, 0.717) is 5.56 Å². The van der Waals surface area contributed by atoms with Crippen LogP contribution in [0.2, 0.25) is 0 Å². The molecule has 0 atom stereocenters. The van der Waals surface area contributed by atoms with E-state index in [0.717, 1.165) is 0 Å². The molecule has 0 fully saturated rings. The van der Waals surface area contributed by atoms with Gasteiger partial charge in [0.15, 0.2) is 5.75 Å². The zero-order valence-electron chi connectivity index (χ0n) is 9.71. The van der Waals surface area contributed by atoms with Crippen molar-refractivity contribution in [1.29, 1.82) is 5.26 Å². The van der Waals surface area contributed by atoms with E-state index in [9.17, 15) is 13.2 Å². The number of carbonyl (C=O) groups excluding carboxylic acids is 1. The molecule has 0 aliphatic heterocycles. The zero-order valence-corrected chi connectivity index (χ0v) is 10.5. The lowest BCUT2D eigenvalue weighted by Crippen LogP contribution is -2.24. The summed E-state index contributed by atoms with van der Waals surface area (Å²) in [6.45, 7) is 1.71. The van der Waals surface area contributed by atoms with E-state index in [4.69, 9.17) is 5.26 Å². The summed E-state index contributed by atoms with van der Waals surface area (Å²) in [5, 5.41) is 8.67. The van der Waals surface area contributed by atoms with E-state index in [2.05, 4.69) is 9.46 Å². The number of nitrogens with one attached hydrogen (secondary N) is 1. The minimum Gasteiger partial charge on any atom is -0.465 e. The molecule has 7 heteroatoms. The molecule has 0 saturated heterocycles. The third-order valence-electron chi connectivity index (χ3n) is 1.88. The molecule has 0 unspecified atom stereocenters. The Balaban J connectivity index is 2.77. The van der Waals surface area contributed by atoms with Crippen LogP contribution in [0.15, 0.2) is 24.3 Å². The van der Waals surface area contributed by atoms with Gasteiger partial charge in [0, 0.05) is 5.69 Å². The molecule has 0 spiro atoms. The van der Waals surface area contributed by atoms with Crippen LogP contribution in [-0.4, -0.2) is 26.7 Å². The molecule has 1 aromatic carbocycles. The fourth-order valence-corrected chi connectivity index (χ4v) is 2.18. The number of nitriles is 1. The van der Waals surface area contributed by atoms with E-state index < -0.39 is 21.7 Å². The minimum atomic E-state index is -3.81. The number of benzene rings is 1. The second kappa shape index (κ2) is 6.02. The molecule has 96 valence electrons. The number of hydrogen-bond acceptors (Lipinski definition) is 5. The summed E-state index contributed by atoms with van der Waals surface area (Å²) in [6, 6.07) is 7.84. The Morgan fingerprint density at radius 2 is 2.22 bits per heavy atom. The summed E-state index contributed by atoms with van der Waals surface area (Å²) in [6.07, 6.45) is 0. The molecular weight excluding hydrogens is 256 g/mol. The first-order chi connectivity index (χ1) is 8.46. The molecule has 0 aliphatic rings. The van der Waals surface area contributed by atoms with Gasteiger partial charge < -0.3 is 4.74 Å². The van der Waals surface area contributed by atoms with Crippen molar-refractivity contribution < 1.29 is 17.9 Å². The van der Waals surface area contributed by atoms with Gasteiger partial charge in [0.1, 0.15) is 0 Å². The van der Waals surface area contributed by atoms with Crippen molar-refractivity contribution in [2.24, 2.45) is 0 Å². The van der Waals surface area contributed by atoms with Gasteiger partial charge in [-0.3, -0.25) is 9.52 Å². The van der Waals surface area contributed by atoms with Crippen molar-refractivity contribution in [3.8, 4) is 6.07 Å². The van der Waals surface area contributed by atoms with Crippen molar-refractivity contribution in [3.05, 3.63) is 29.8 Å². The lowest BCUT2D eigenvalue weighted by Gasteiger charge is -2.07. The van der Waals surface area contributed by atoms with E-state index in [-0.39, 0.29) is 12.3 Å². The van der Waals surface area contributed by atoms with Crippen LogP contribution in [0.4, 0.5) is 5.69 Å². The highest BCUT2D eigenvalue weighted by Crippen LogP contribution is 2.11. The number of nitrogens with zero attached hydrogens (tertiary/aromatic N) is 1. The van der Waals surface area contributed by atoms with Gasteiger partial charge in [-0.25, -0.2) is 8.42 Å². The third kappa shape index (κ3) is 4.43. The van der Waals surface area contributed by atoms with Gasteiger partial charge in [-0.15, -0.1) is 0 Å². The van der Waals surface area contributed by atoms with Gasteiger partial charge in [0.2, 0.25) is 10.0 Å². The lowest BCUT2D eigenvalue weighted by molar-refractivity contribution is -0.139. The summed E-state index contributed by atoms with van der Waals surface area (Å²) < 4.78 is 29.9. The van der Waals surface area contributed by atoms with Crippen molar-refractivity contribution in [3.63, 3.8) is 0 Å². The van der Waals surface area contributed by atoms with Crippen LogP contribution < -0.4 is 4.72 Å². The first kappa shape index (κ1) is 14.0. The van der Waals surface area contributed by atoms with E-state index in [1.54, 1.807) is 19.1 Å². The van der Waals surface area contributed by atoms with Gasteiger partial charge in [-0.2, -0.15) is 5.26 Å². The molecular formula is C11H12N2O4S. The molecule has 0 bridgehead atoms. The van der Waals surface area contributed by atoms with Crippen LogP contribution >= 0.6 is 0 Å². The molecule has 1 N–H and O–H groups in total. The second-order valence-electron chi connectivity index (χ2n) is 3.36. The monoisotopic (exact) mass is 268 g/mol. The average molecular weight is 268 g/mol. The van der Waals surface area contributed by atoms with E-state index in [1.807, 2.05) is 6.07 Å². The third-order valence-corrected chi connectivity index (χ3v) is 3.04. The maximum Gasteiger partial charge on any atom is 0.323 e. The number of sulfonamides is 1.